The summed E-state index contributed by atoms with van der Waals surface area (Å²) in [7, 11) is 1.53. The molecule has 1 fully saturated rings. The summed E-state index contributed by atoms with van der Waals surface area (Å²) < 4.78 is 48.3. The first-order chi connectivity index (χ1) is 16.7. The molecule has 184 valence electrons. The van der Waals surface area contributed by atoms with E-state index in [1.54, 1.807) is 36.1 Å². The van der Waals surface area contributed by atoms with Gasteiger partial charge in [-0.2, -0.15) is 5.10 Å². The van der Waals surface area contributed by atoms with Crippen molar-refractivity contribution in [3.63, 3.8) is 0 Å². The van der Waals surface area contributed by atoms with Crippen molar-refractivity contribution in [1.82, 2.24) is 19.7 Å². The number of aliphatic hydroxyl groups is 1. The van der Waals surface area contributed by atoms with E-state index in [1.165, 1.54) is 18.9 Å². The lowest BCUT2D eigenvalue weighted by atomic mass is 9.94. The highest BCUT2D eigenvalue weighted by Gasteiger charge is 2.34. The Morgan fingerprint density at radius 3 is 2.49 bits per heavy atom. The van der Waals surface area contributed by atoms with Crippen LogP contribution >= 0.6 is 0 Å². The smallest absolute Gasteiger partial charge is 0.250 e. The number of rotatable bonds is 6. The first-order valence-corrected chi connectivity index (χ1v) is 11.1. The van der Waals surface area contributed by atoms with E-state index in [-0.39, 0.29) is 18.0 Å². The Hall–Kier alpha value is -3.66. The van der Waals surface area contributed by atoms with Gasteiger partial charge in [0.05, 0.1) is 19.3 Å². The first-order valence-electron chi connectivity index (χ1n) is 11.1. The minimum atomic E-state index is -1.60. The molecule has 1 aliphatic heterocycles. The van der Waals surface area contributed by atoms with Crippen molar-refractivity contribution in [3.8, 4) is 11.4 Å². The molecular weight excluding hydrogens is 461 g/mol. The second-order valence-electron chi connectivity index (χ2n) is 8.42. The Labute approximate surface area is 200 Å². The monoisotopic (exact) mass is 486 g/mol. The SMILES string of the molecule is COc1cc(/C=C2\CCCN([C@H](c3cc(F)c(F)c(F)c3)[C@@H](C)O)C2=O)ccc1-n1cnc(C)n1. The van der Waals surface area contributed by atoms with Crippen LogP contribution in [0.25, 0.3) is 11.8 Å². The van der Waals surface area contributed by atoms with Gasteiger partial charge in [0.15, 0.2) is 17.5 Å². The van der Waals surface area contributed by atoms with Gasteiger partial charge in [-0.25, -0.2) is 22.8 Å². The number of aliphatic hydroxyl groups excluding tert-OH is 1. The topological polar surface area (TPSA) is 80.5 Å². The van der Waals surface area contributed by atoms with Crippen LogP contribution in [0.2, 0.25) is 0 Å². The highest BCUT2D eigenvalue weighted by atomic mass is 19.2. The Balaban J connectivity index is 1.66. The molecule has 1 N–H and O–H groups in total. The van der Waals surface area contributed by atoms with E-state index in [0.29, 0.717) is 41.2 Å². The maximum Gasteiger partial charge on any atom is 0.250 e. The molecule has 1 aromatic heterocycles. The van der Waals surface area contributed by atoms with Crippen molar-refractivity contribution < 1.29 is 27.8 Å². The number of piperidine rings is 1. The number of aromatic nitrogens is 3. The Kier molecular flexibility index (Phi) is 6.93. The number of hydrogen-bond donors (Lipinski definition) is 1. The van der Waals surface area contributed by atoms with Crippen LogP contribution in [0, 0.1) is 24.4 Å². The Morgan fingerprint density at radius 1 is 1.17 bits per heavy atom. The summed E-state index contributed by atoms with van der Waals surface area (Å²) in [6, 6.07) is 5.97. The maximum absolute atomic E-state index is 13.9. The number of carbonyl (C=O) groups is 1. The summed E-state index contributed by atoms with van der Waals surface area (Å²) in [5, 5.41) is 14.7. The average Bonchev–Trinajstić information content (AvgIpc) is 3.25. The largest absolute Gasteiger partial charge is 0.494 e. The van der Waals surface area contributed by atoms with Gasteiger partial charge in [0.1, 0.15) is 23.6 Å². The lowest BCUT2D eigenvalue weighted by Gasteiger charge is -2.37. The predicted octanol–water partition coefficient (Wildman–Crippen LogP) is 4.13. The standard InChI is InChI=1S/C25H25F3N4O3/c1-14(33)24(18-11-19(26)23(28)20(27)12-18)31-8-4-5-17(25(31)34)9-16-6-7-21(22(10-16)35-3)32-13-29-15(2)30-32/h6-7,9-14,24,33H,4-5,8H2,1-3H3/b17-9+/t14-,24+/m1/s1. The van der Waals surface area contributed by atoms with Crippen molar-refractivity contribution in [1.29, 1.82) is 0 Å². The summed E-state index contributed by atoms with van der Waals surface area (Å²) in [5.41, 5.74) is 1.85. The van der Waals surface area contributed by atoms with E-state index in [2.05, 4.69) is 10.1 Å². The molecule has 3 aromatic rings. The normalized spacial score (nSPS) is 17.1. The number of amides is 1. The van der Waals surface area contributed by atoms with Crippen LogP contribution in [-0.4, -0.2) is 50.4 Å². The summed E-state index contributed by atoms with van der Waals surface area (Å²) in [6.07, 6.45) is 3.22. The van der Waals surface area contributed by atoms with Gasteiger partial charge in [-0.1, -0.05) is 6.07 Å². The number of likely N-dealkylation sites (tertiary alicyclic amines) is 1. The molecule has 0 radical (unpaired) electrons. The fourth-order valence-corrected chi connectivity index (χ4v) is 4.33. The highest BCUT2D eigenvalue weighted by molar-refractivity contribution is 5.99. The van der Waals surface area contributed by atoms with Gasteiger partial charge in [0.25, 0.3) is 0 Å². The summed E-state index contributed by atoms with van der Waals surface area (Å²) in [6.45, 7) is 3.47. The van der Waals surface area contributed by atoms with Crippen molar-refractivity contribution in [3.05, 3.63) is 76.6 Å². The molecule has 2 aromatic carbocycles. The van der Waals surface area contributed by atoms with Crippen LogP contribution in [0.15, 0.2) is 42.2 Å². The molecule has 0 bridgehead atoms. The van der Waals surface area contributed by atoms with Gasteiger partial charge < -0.3 is 14.7 Å². The van der Waals surface area contributed by atoms with Crippen LogP contribution in [0.1, 0.15) is 42.8 Å². The molecule has 1 saturated heterocycles. The lowest BCUT2D eigenvalue weighted by molar-refractivity contribution is -0.133. The van der Waals surface area contributed by atoms with Gasteiger partial charge in [-0.05, 0) is 68.2 Å². The molecule has 0 spiro atoms. The third-order valence-corrected chi connectivity index (χ3v) is 5.92. The van der Waals surface area contributed by atoms with Gasteiger partial charge in [-0.15, -0.1) is 0 Å². The third kappa shape index (κ3) is 4.93. The molecule has 10 heteroatoms. The molecule has 0 aliphatic carbocycles. The number of nitrogens with zero attached hydrogens (tertiary/aromatic N) is 4. The van der Waals surface area contributed by atoms with E-state index in [1.807, 2.05) is 6.07 Å². The first kappa shape index (κ1) is 24.5. The number of methoxy groups -OCH3 is 1. The van der Waals surface area contributed by atoms with E-state index in [0.717, 1.165) is 12.1 Å². The third-order valence-electron chi connectivity index (χ3n) is 5.92. The summed E-state index contributed by atoms with van der Waals surface area (Å²) in [4.78, 5) is 18.9. The van der Waals surface area contributed by atoms with Crippen LogP contribution in [-0.2, 0) is 4.79 Å². The quantitative estimate of drug-likeness (QED) is 0.419. The van der Waals surface area contributed by atoms with Crippen molar-refractivity contribution in [2.24, 2.45) is 0 Å². The molecule has 0 unspecified atom stereocenters. The van der Waals surface area contributed by atoms with Crippen LogP contribution in [0.5, 0.6) is 5.75 Å². The number of carbonyl (C=O) groups excluding carboxylic acids is 1. The van der Waals surface area contributed by atoms with E-state index < -0.39 is 29.6 Å². The Morgan fingerprint density at radius 2 is 1.89 bits per heavy atom. The van der Waals surface area contributed by atoms with Crippen LogP contribution in [0.4, 0.5) is 13.2 Å². The summed E-state index contributed by atoms with van der Waals surface area (Å²) >= 11 is 0. The number of ether oxygens (including phenoxy) is 1. The number of aryl methyl sites for hydroxylation is 1. The maximum atomic E-state index is 13.9. The number of benzene rings is 2. The molecule has 7 nitrogen and oxygen atoms in total. The van der Waals surface area contributed by atoms with Gasteiger partial charge in [0, 0.05) is 12.1 Å². The second-order valence-corrected chi connectivity index (χ2v) is 8.42. The number of halogens is 3. The highest BCUT2D eigenvalue weighted by Crippen LogP contribution is 2.33. The molecule has 4 rings (SSSR count). The second kappa shape index (κ2) is 9.91. The zero-order valence-corrected chi connectivity index (χ0v) is 19.5. The summed E-state index contributed by atoms with van der Waals surface area (Å²) in [5.74, 6) is -3.58. The zero-order valence-electron chi connectivity index (χ0n) is 19.5. The van der Waals surface area contributed by atoms with E-state index >= 15 is 0 Å². The molecule has 0 saturated carbocycles. The van der Waals surface area contributed by atoms with Gasteiger partial charge in [0.2, 0.25) is 5.91 Å². The molecule has 1 aliphatic rings. The molecule has 1 amide bonds. The zero-order chi connectivity index (χ0) is 25.3. The minimum Gasteiger partial charge on any atom is -0.494 e. The predicted molar refractivity (Wildman–Crippen MR) is 122 cm³/mol. The number of hydrogen-bond acceptors (Lipinski definition) is 5. The van der Waals surface area contributed by atoms with Crippen LogP contribution < -0.4 is 4.74 Å². The van der Waals surface area contributed by atoms with Crippen molar-refractivity contribution >= 4 is 12.0 Å². The molecular formula is C25H25F3N4O3. The van der Waals surface area contributed by atoms with Crippen molar-refractivity contribution in [2.45, 2.75) is 38.8 Å². The van der Waals surface area contributed by atoms with E-state index in [9.17, 15) is 23.1 Å². The molecule has 35 heavy (non-hydrogen) atoms. The molecule has 2 atom stereocenters. The fourth-order valence-electron chi connectivity index (χ4n) is 4.33. The average molecular weight is 486 g/mol. The van der Waals surface area contributed by atoms with Crippen LogP contribution in [0.3, 0.4) is 0 Å². The van der Waals surface area contributed by atoms with Crippen molar-refractivity contribution in [2.75, 3.05) is 13.7 Å². The lowest BCUT2D eigenvalue weighted by Crippen LogP contribution is -2.43. The van der Waals surface area contributed by atoms with E-state index in [4.69, 9.17) is 4.74 Å². The van der Waals surface area contributed by atoms with Gasteiger partial charge >= 0.3 is 0 Å². The molecule has 2 heterocycles. The minimum absolute atomic E-state index is 0.0138. The Bertz CT molecular complexity index is 1270. The fraction of sp³-hybridized carbons (Fsp3) is 0.320. The van der Waals surface area contributed by atoms with Gasteiger partial charge in [-0.3, -0.25) is 4.79 Å².